The fourth-order valence-corrected chi connectivity index (χ4v) is 4.37. The summed E-state index contributed by atoms with van der Waals surface area (Å²) in [5.41, 5.74) is 0. The quantitative estimate of drug-likeness (QED) is 0.0966. The van der Waals surface area contributed by atoms with Crippen LogP contribution in [-0.2, 0) is 58.7 Å². The molecule has 2 aliphatic rings. The summed E-state index contributed by atoms with van der Waals surface area (Å²) in [5.74, 6) is -7.23. The molecule has 16 nitrogen and oxygen atoms in total. The molecule has 190 valence electrons. The number of unbranched alkanes of at least 4 members (excludes halogenated alkanes) is 3. The van der Waals surface area contributed by atoms with E-state index in [0.29, 0.717) is 12.8 Å². The van der Waals surface area contributed by atoms with Gasteiger partial charge in [0.1, 0.15) is 30.7 Å². The fraction of sp³-hybridized carbons (Fsp3) is 0.625. The van der Waals surface area contributed by atoms with Crippen LogP contribution in [0.1, 0.15) is 51.4 Å². The van der Waals surface area contributed by atoms with Crippen molar-refractivity contribution < 1.29 is 123 Å². The van der Waals surface area contributed by atoms with Crippen LogP contribution in [0.25, 0.3) is 0 Å². The molecule has 2 heterocycles. The Bertz CT molecular complexity index is 1040. The van der Waals surface area contributed by atoms with Gasteiger partial charge in [0.25, 0.3) is 23.6 Å². The van der Waals surface area contributed by atoms with Crippen molar-refractivity contribution in [3.8, 4) is 0 Å². The number of carbonyl (C=O) groups excluding carboxylic acids is 6. The van der Waals surface area contributed by atoms with Crippen molar-refractivity contribution in [1.82, 2.24) is 10.1 Å². The first-order valence-electron chi connectivity index (χ1n) is 9.67. The summed E-state index contributed by atoms with van der Waals surface area (Å²) in [7, 11) is -10.2. The van der Waals surface area contributed by atoms with Crippen molar-refractivity contribution in [3.05, 3.63) is 0 Å². The van der Waals surface area contributed by atoms with Gasteiger partial charge in [-0.3, -0.25) is 19.2 Å². The van der Waals surface area contributed by atoms with Gasteiger partial charge in [0.2, 0.25) is 0 Å². The Morgan fingerprint density at radius 3 is 1.25 bits per heavy atom. The molecule has 0 aromatic carbocycles. The second kappa shape index (κ2) is 14.3. The van der Waals surface area contributed by atoms with E-state index in [2.05, 4.69) is 9.68 Å². The molecule has 2 aliphatic heterocycles. The second-order valence-electron chi connectivity index (χ2n) is 7.26. The van der Waals surface area contributed by atoms with E-state index >= 15 is 0 Å². The summed E-state index contributed by atoms with van der Waals surface area (Å²) in [4.78, 5) is 79.1. The molecule has 2 atom stereocenters. The molecule has 0 bridgehead atoms. The number of hydrogen-bond acceptors (Lipinski definition) is 14. The van der Waals surface area contributed by atoms with Gasteiger partial charge >= 0.3 is 71.1 Å². The van der Waals surface area contributed by atoms with E-state index < -0.39 is 79.1 Å². The molecule has 2 unspecified atom stereocenters. The first-order valence-corrected chi connectivity index (χ1v) is 12.6. The Labute approximate surface area is 249 Å². The third-order valence-corrected chi connectivity index (χ3v) is 6.85. The number of carbonyl (C=O) groups is 6. The van der Waals surface area contributed by atoms with E-state index in [4.69, 9.17) is 0 Å². The molecule has 2 fully saturated rings. The first kappa shape index (κ1) is 35.0. The van der Waals surface area contributed by atoms with Crippen LogP contribution in [0, 0.1) is 0 Å². The van der Waals surface area contributed by atoms with E-state index in [0.717, 1.165) is 0 Å². The zero-order valence-electron chi connectivity index (χ0n) is 19.2. The van der Waals surface area contributed by atoms with E-state index in [1.54, 1.807) is 0 Å². The summed E-state index contributed by atoms with van der Waals surface area (Å²) < 4.78 is 65.5. The molecule has 0 aromatic rings. The van der Waals surface area contributed by atoms with Crippen LogP contribution in [0.3, 0.4) is 0 Å². The number of rotatable bonds is 11. The smallest absolute Gasteiger partial charge is 0.747 e. The summed E-state index contributed by atoms with van der Waals surface area (Å²) in [5, 5.41) is -4.40. The van der Waals surface area contributed by atoms with Gasteiger partial charge < -0.3 is 18.8 Å². The molecule has 0 spiro atoms. The van der Waals surface area contributed by atoms with E-state index in [1.165, 1.54) is 0 Å². The van der Waals surface area contributed by atoms with Gasteiger partial charge in [0, 0.05) is 12.8 Å². The Morgan fingerprint density at radius 2 is 1.00 bits per heavy atom. The number of hydroxylamine groups is 4. The Morgan fingerprint density at radius 1 is 0.694 bits per heavy atom. The average Bonchev–Trinajstić information content (AvgIpc) is 3.15. The van der Waals surface area contributed by atoms with Crippen molar-refractivity contribution in [2.75, 3.05) is 0 Å². The maximum Gasteiger partial charge on any atom is 1.00 e. The van der Waals surface area contributed by atoms with Crippen molar-refractivity contribution in [2.24, 2.45) is 0 Å². The molecule has 0 aliphatic carbocycles. The average molecular weight is 572 g/mol. The second-order valence-corrected chi connectivity index (χ2v) is 10.4. The third kappa shape index (κ3) is 9.41. The van der Waals surface area contributed by atoms with Gasteiger partial charge in [-0.25, -0.2) is 26.4 Å². The van der Waals surface area contributed by atoms with Crippen molar-refractivity contribution in [2.45, 2.75) is 61.9 Å². The zero-order chi connectivity index (χ0) is 25.8. The molecular weight excluding hydrogens is 554 g/mol. The minimum Gasteiger partial charge on any atom is -0.747 e. The molecule has 2 rings (SSSR count). The monoisotopic (exact) mass is 572 g/mol. The Balaban J connectivity index is 0.00000612. The molecule has 36 heavy (non-hydrogen) atoms. The van der Waals surface area contributed by atoms with Crippen molar-refractivity contribution in [1.29, 1.82) is 0 Å². The predicted molar refractivity (Wildman–Crippen MR) is 99.8 cm³/mol. The normalized spacial score (nSPS) is 20.2. The molecule has 0 N–H and O–H groups in total. The first-order chi connectivity index (χ1) is 15.6. The van der Waals surface area contributed by atoms with Crippen LogP contribution >= 0.6 is 0 Å². The number of imide groups is 2. The van der Waals surface area contributed by atoms with E-state index in [1.807, 2.05) is 0 Å². The van der Waals surface area contributed by atoms with Crippen LogP contribution in [0.2, 0.25) is 0 Å². The van der Waals surface area contributed by atoms with E-state index in [-0.39, 0.29) is 94.9 Å². The van der Waals surface area contributed by atoms with Gasteiger partial charge in [-0.1, -0.05) is 12.8 Å². The van der Waals surface area contributed by atoms with Crippen molar-refractivity contribution >= 4 is 55.8 Å². The number of amides is 4. The van der Waals surface area contributed by atoms with Crippen LogP contribution in [0.5, 0.6) is 0 Å². The molecule has 0 aromatic heterocycles. The minimum atomic E-state index is -5.08. The maximum absolute atomic E-state index is 11.7. The van der Waals surface area contributed by atoms with E-state index in [9.17, 15) is 54.7 Å². The summed E-state index contributed by atoms with van der Waals surface area (Å²) >= 11 is 0. The molecular formula is C16H18N2Na2O14S2. The Hall–Kier alpha value is -0.960. The van der Waals surface area contributed by atoms with Gasteiger partial charge in [-0.05, 0) is 12.8 Å². The summed E-state index contributed by atoms with van der Waals surface area (Å²) in [6.45, 7) is 0. The van der Waals surface area contributed by atoms with Gasteiger partial charge in [-0.2, -0.15) is 0 Å². The summed E-state index contributed by atoms with van der Waals surface area (Å²) in [6.07, 6.45) is -1.35. The van der Waals surface area contributed by atoms with Crippen LogP contribution < -0.4 is 59.1 Å². The molecule has 2 saturated heterocycles. The molecule has 4 amide bonds. The standard InChI is InChI=1S/C16H20N2O14S2.2Na/c19-11-7-9(33(25,26)27)15(23)17(11)31-13(21)5-3-1-2-4-6-14(22)32-18-12(20)8-10(16(18)24)34(28,29)30;;/h9-10H,1-8H2,(H,25,26,27)(H,28,29,30);;/q;2*+1/p-2. The SMILES string of the molecule is O=C(CCCCCCC(=O)ON1C(=O)CC(S(=O)(=O)[O-])C1=O)ON1C(=O)CC(S(=O)(=O)[O-])C1=O.[Na+].[Na+]. The molecule has 20 heteroatoms. The predicted octanol–water partition coefficient (Wildman–Crippen LogP) is -8.40. The fourth-order valence-electron chi connectivity index (χ4n) is 3.00. The molecule has 0 radical (unpaired) electrons. The maximum atomic E-state index is 11.7. The van der Waals surface area contributed by atoms with Gasteiger partial charge in [0.15, 0.2) is 0 Å². The largest absolute Gasteiger partial charge is 1.00 e. The van der Waals surface area contributed by atoms with Crippen molar-refractivity contribution in [3.63, 3.8) is 0 Å². The number of nitrogens with zero attached hydrogens (tertiary/aromatic N) is 2. The topological polar surface area (TPSA) is 242 Å². The molecule has 0 saturated carbocycles. The van der Waals surface area contributed by atoms with Crippen LogP contribution in [0.4, 0.5) is 0 Å². The number of hydrogen-bond donors (Lipinski definition) is 0. The Kier molecular flexibility index (Phi) is 13.9. The third-order valence-electron chi connectivity index (χ3n) is 4.72. The van der Waals surface area contributed by atoms with Gasteiger partial charge in [0.05, 0.1) is 12.8 Å². The van der Waals surface area contributed by atoms with Crippen LogP contribution in [-0.4, -0.2) is 82.1 Å². The van der Waals surface area contributed by atoms with Gasteiger partial charge in [-0.15, -0.1) is 10.1 Å². The minimum absolute atomic E-state index is 0. The summed E-state index contributed by atoms with van der Waals surface area (Å²) in [6, 6.07) is 0. The van der Waals surface area contributed by atoms with Crippen LogP contribution in [0.15, 0.2) is 0 Å². The zero-order valence-corrected chi connectivity index (χ0v) is 24.9.